The average molecular weight is 457 g/mol. The van der Waals surface area contributed by atoms with Gasteiger partial charge in [0.05, 0.1) is 16.6 Å². The second kappa shape index (κ2) is 8.73. The lowest BCUT2D eigenvalue weighted by molar-refractivity contribution is -0.123. The Morgan fingerprint density at radius 2 is 1.61 bits per heavy atom. The second-order valence-corrected chi connectivity index (χ2v) is 7.03. The molecule has 1 unspecified atom stereocenters. The summed E-state index contributed by atoms with van der Waals surface area (Å²) in [5.74, 6) is -8.65. The quantitative estimate of drug-likeness (QED) is 0.252. The number of hydrogen-bond acceptors (Lipinski definition) is 4. The number of nitrogens with zero attached hydrogens (tertiary/aromatic N) is 1. The molecule has 0 bridgehead atoms. The third kappa shape index (κ3) is 4.27. The molecule has 0 aliphatic rings. The Kier molecular flexibility index (Phi) is 5.82. The van der Waals surface area contributed by atoms with Crippen LogP contribution in [0.5, 0.6) is 0 Å². The topological polar surface area (TPSA) is 84.1 Å². The number of rotatable bonds is 5. The van der Waals surface area contributed by atoms with E-state index in [9.17, 15) is 27.2 Å². The summed E-state index contributed by atoms with van der Waals surface area (Å²) in [6, 6.07) is 13.6. The van der Waals surface area contributed by atoms with Gasteiger partial charge in [-0.15, -0.1) is 0 Å². The van der Waals surface area contributed by atoms with Crippen LogP contribution in [0.4, 0.5) is 23.2 Å². The summed E-state index contributed by atoms with van der Waals surface area (Å²) in [6.07, 6.45) is -1.55. The van der Waals surface area contributed by atoms with Gasteiger partial charge < -0.3 is 15.0 Å². The molecule has 2 N–H and O–H groups in total. The molecule has 0 saturated heterocycles. The number of esters is 1. The molecule has 0 radical (unpaired) electrons. The van der Waals surface area contributed by atoms with Gasteiger partial charge in [-0.3, -0.25) is 4.79 Å². The first kappa shape index (κ1) is 22.0. The lowest BCUT2D eigenvalue weighted by atomic mass is 10.1. The highest BCUT2D eigenvalue weighted by molar-refractivity contribution is 6.00. The van der Waals surface area contributed by atoms with E-state index in [0.717, 1.165) is 12.4 Å². The van der Waals surface area contributed by atoms with Gasteiger partial charge in [-0.1, -0.05) is 30.3 Å². The first-order chi connectivity index (χ1) is 15.8. The Morgan fingerprint density at radius 3 is 2.30 bits per heavy atom. The fraction of sp³-hybridized carbons (Fsp3) is 0.0870. The van der Waals surface area contributed by atoms with Crippen molar-refractivity contribution in [2.24, 2.45) is 0 Å². The molecule has 0 spiro atoms. The van der Waals surface area contributed by atoms with E-state index in [1.54, 1.807) is 29.6 Å². The average Bonchev–Trinajstić information content (AvgIpc) is 3.24. The number of ether oxygens (including phenoxy) is 1. The Morgan fingerprint density at radius 1 is 0.970 bits per heavy atom. The van der Waals surface area contributed by atoms with Crippen LogP contribution in [0.3, 0.4) is 0 Å². The van der Waals surface area contributed by atoms with Crippen LogP contribution < -0.4 is 5.32 Å². The molecule has 4 rings (SSSR count). The summed E-state index contributed by atoms with van der Waals surface area (Å²) < 4.78 is 59.5. The minimum atomic E-state index is -1.78. The number of aromatic nitrogens is 2. The number of anilines is 1. The van der Waals surface area contributed by atoms with Crippen LogP contribution in [0.15, 0.2) is 54.6 Å². The summed E-state index contributed by atoms with van der Waals surface area (Å²) in [5.41, 5.74) is 0.577. The predicted octanol–water partition coefficient (Wildman–Crippen LogP) is 4.97. The number of fused-ring (bicyclic) bond motifs is 1. The normalized spacial score (nSPS) is 11.9. The molecule has 4 aromatic rings. The highest BCUT2D eigenvalue weighted by Crippen LogP contribution is 2.26. The van der Waals surface area contributed by atoms with Crippen LogP contribution in [0.1, 0.15) is 17.3 Å². The third-order valence-electron chi connectivity index (χ3n) is 4.80. The summed E-state index contributed by atoms with van der Waals surface area (Å²) in [6.45, 7) is 1.14. The first-order valence-electron chi connectivity index (χ1n) is 9.65. The highest BCUT2D eigenvalue weighted by Gasteiger charge is 2.26. The Labute approximate surface area is 184 Å². The standard InChI is InChI=1S/C23H15F4N3O3/c1-11(22(31)30-20-18(26)14(24)10-15(25)19(20)27)33-23(32)13-7-3-2-6-12(13)21-28-16-8-4-5-9-17(16)29-21/h2-11H,1H3,(H,28,29)(H,30,31). The molecule has 3 aromatic carbocycles. The third-order valence-corrected chi connectivity index (χ3v) is 4.80. The van der Waals surface area contributed by atoms with E-state index < -0.39 is 46.9 Å². The lowest BCUT2D eigenvalue weighted by Crippen LogP contribution is -2.31. The minimum absolute atomic E-state index is 0.0127. The van der Waals surface area contributed by atoms with Gasteiger partial charge in [-0.25, -0.2) is 27.3 Å². The molecule has 0 aliphatic carbocycles. The van der Waals surface area contributed by atoms with E-state index >= 15 is 0 Å². The van der Waals surface area contributed by atoms with Crippen LogP contribution in [0, 0.1) is 23.3 Å². The molecule has 1 aromatic heterocycles. The van der Waals surface area contributed by atoms with E-state index in [-0.39, 0.29) is 11.6 Å². The van der Waals surface area contributed by atoms with Crippen molar-refractivity contribution in [3.63, 3.8) is 0 Å². The molecule has 0 aliphatic heterocycles. The van der Waals surface area contributed by atoms with Crippen LogP contribution in [0.25, 0.3) is 22.4 Å². The van der Waals surface area contributed by atoms with E-state index in [1.807, 2.05) is 18.2 Å². The monoisotopic (exact) mass is 457 g/mol. The van der Waals surface area contributed by atoms with Crippen molar-refractivity contribution in [1.82, 2.24) is 9.97 Å². The van der Waals surface area contributed by atoms with Gasteiger partial charge in [0.25, 0.3) is 5.91 Å². The first-order valence-corrected chi connectivity index (χ1v) is 9.65. The van der Waals surface area contributed by atoms with E-state index in [4.69, 9.17) is 4.74 Å². The van der Waals surface area contributed by atoms with Crippen molar-refractivity contribution in [3.8, 4) is 11.4 Å². The number of carbonyl (C=O) groups is 2. The van der Waals surface area contributed by atoms with Gasteiger partial charge in [0.1, 0.15) is 11.5 Å². The smallest absolute Gasteiger partial charge is 0.339 e. The number of carbonyl (C=O) groups excluding carboxylic acids is 2. The van der Waals surface area contributed by atoms with Crippen LogP contribution in [0.2, 0.25) is 0 Å². The maximum Gasteiger partial charge on any atom is 0.339 e. The lowest BCUT2D eigenvalue weighted by Gasteiger charge is -2.15. The highest BCUT2D eigenvalue weighted by atomic mass is 19.2. The molecule has 6 nitrogen and oxygen atoms in total. The summed E-state index contributed by atoms with van der Waals surface area (Å²) in [4.78, 5) is 32.6. The molecule has 1 amide bonds. The fourth-order valence-corrected chi connectivity index (χ4v) is 3.13. The van der Waals surface area contributed by atoms with Crippen molar-refractivity contribution < 1.29 is 31.9 Å². The number of aromatic amines is 1. The predicted molar refractivity (Wildman–Crippen MR) is 111 cm³/mol. The van der Waals surface area contributed by atoms with Crippen molar-refractivity contribution in [2.45, 2.75) is 13.0 Å². The fourth-order valence-electron chi connectivity index (χ4n) is 3.13. The summed E-state index contributed by atoms with van der Waals surface area (Å²) in [7, 11) is 0. The number of nitrogens with one attached hydrogen (secondary N) is 2. The zero-order valence-corrected chi connectivity index (χ0v) is 17.0. The van der Waals surface area contributed by atoms with Crippen molar-refractivity contribution in [3.05, 3.63) is 83.4 Å². The van der Waals surface area contributed by atoms with E-state index in [2.05, 4.69) is 9.97 Å². The molecule has 168 valence electrons. The number of halogens is 4. The van der Waals surface area contributed by atoms with Crippen molar-refractivity contribution >= 4 is 28.6 Å². The summed E-state index contributed by atoms with van der Waals surface area (Å²) in [5, 5.41) is 1.72. The zero-order valence-electron chi connectivity index (χ0n) is 17.0. The number of para-hydroxylation sites is 2. The molecular formula is C23H15F4N3O3. The van der Waals surface area contributed by atoms with Crippen LogP contribution >= 0.6 is 0 Å². The Hall–Kier alpha value is -4.21. The Balaban J connectivity index is 1.55. The van der Waals surface area contributed by atoms with Gasteiger partial charge in [0.15, 0.2) is 29.4 Å². The maximum atomic E-state index is 13.8. The second-order valence-electron chi connectivity index (χ2n) is 7.03. The largest absolute Gasteiger partial charge is 0.449 e. The molecule has 10 heteroatoms. The van der Waals surface area contributed by atoms with Crippen LogP contribution in [-0.2, 0) is 9.53 Å². The molecule has 1 atom stereocenters. The van der Waals surface area contributed by atoms with Crippen LogP contribution in [-0.4, -0.2) is 27.9 Å². The number of amides is 1. The SMILES string of the molecule is CC(OC(=O)c1ccccc1-c1nc2ccccc2[nH]1)C(=O)Nc1c(F)c(F)cc(F)c1F. The van der Waals surface area contributed by atoms with E-state index in [0.29, 0.717) is 16.9 Å². The molecular weight excluding hydrogens is 442 g/mol. The van der Waals surface area contributed by atoms with Crippen molar-refractivity contribution in [1.29, 1.82) is 0 Å². The van der Waals surface area contributed by atoms with Gasteiger partial charge in [-0.2, -0.15) is 0 Å². The molecule has 33 heavy (non-hydrogen) atoms. The van der Waals surface area contributed by atoms with Gasteiger partial charge in [0, 0.05) is 11.6 Å². The number of benzene rings is 3. The van der Waals surface area contributed by atoms with Gasteiger partial charge in [-0.05, 0) is 25.1 Å². The molecule has 1 heterocycles. The number of H-pyrrole nitrogens is 1. The minimum Gasteiger partial charge on any atom is -0.449 e. The van der Waals surface area contributed by atoms with Gasteiger partial charge >= 0.3 is 5.97 Å². The number of hydrogen-bond donors (Lipinski definition) is 2. The van der Waals surface area contributed by atoms with Crippen molar-refractivity contribution in [2.75, 3.05) is 5.32 Å². The Bertz CT molecular complexity index is 1330. The zero-order chi connectivity index (χ0) is 23.7. The molecule has 0 fully saturated rings. The maximum absolute atomic E-state index is 13.8. The molecule has 0 saturated carbocycles. The van der Waals surface area contributed by atoms with E-state index in [1.165, 1.54) is 6.07 Å². The van der Waals surface area contributed by atoms with Gasteiger partial charge in [0.2, 0.25) is 0 Å². The number of imidazole rings is 1. The summed E-state index contributed by atoms with van der Waals surface area (Å²) >= 11 is 0.